The predicted molar refractivity (Wildman–Crippen MR) is 85.1 cm³/mol. The van der Waals surface area contributed by atoms with Gasteiger partial charge in [-0.25, -0.2) is 4.79 Å². The second-order valence-electron chi connectivity index (χ2n) is 5.03. The molecular formula is C16H16N4O2. The molecule has 1 aromatic heterocycles. The molecule has 2 heterocycles. The quantitative estimate of drug-likeness (QED) is 0.946. The minimum atomic E-state index is -0.118. The number of carbonyl (C=O) groups is 2. The Balaban J connectivity index is 1.76. The summed E-state index contributed by atoms with van der Waals surface area (Å²) in [6.07, 6.45) is 3.36. The predicted octanol–water partition coefficient (Wildman–Crippen LogP) is 2.49. The van der Waals surface area contributed by atoms with Crippen LogP contribution in [0.4, 0.5) is 21.9 Å². The number of urea groups is 1. The Morgan fingerprint density at radius 1 is 1.09 bits per heavy atom. The average molecular weight is 296 g/mol. The fourth-order valence-electron chi connectivity index (χ4n) is 2.46. The number of nitrogens with one attached hydrogen (secondary N) is 1. The number of hydrogen-bond donors (Lipinski definition) is 1. The van der Waals surface area contributed by atoms with Crippen LogP contribution in [0.1, 0.15) is 6.92 Å². The molecule has 1 aromatic carbocycles. The first-order valence-electron chi connectivity index (χ1n) is 7.02. The number of hydrogen-bond acceptors (Lipinski definition) is 3. The van der Waals surface area contributed by atoms with Crippen LogP contribution in [0.15, 0.2) is 48.8 Å². The van der Waals surface area contributed by atoms with Gasteiger partial charge in [-0.3, -0.25) is 19.6 Å². The molecule has 22 heavy (non-hydrogen) atoms. The minimum absolute atomic E-state index is 0.0692. The first-order valence-corrected chi connectivity index (χ1v) is 7.02. The SMILES string of the molecule is CC(=O)Nc1ccc(N2CCN(c3cccnc3)C2=O)cc1. The normalized spacial score (nSPS) is 14.3. The average Bonchev–Trinajstić information content (AvgIpc) is 2.90. The van der Waals surface area contributed by atoms with Crippen molar-refractivity contribution in [2.24, 2.45) is 0 Å². The van der Waals surface area contributed by atoms with Crippen molar-refractivity contribution in [2.45, 2.75) is 6.92 Å². The van der Waals surface area contributed by atoms with Crippen LogP contribution in [0.25, 0.3) is 0 Å². The lowest BCUT2D eigenvalue weighted by Crippen LogP contribution is -2.31. The Morgan fingerprint density at radius 2 is 1.77 bits per heavy atom. The highest BCUT2D eigenvalue weighted by Gasteiger charge is 2.30. The molecule has 1 N–H and O–H groups in total. The molecule has 3 rings (SSSR count). The zero-order valence-electron chi connectivity index (χ0n) is 12.2. The topological polar surface area (TPSA) is 65.5 Å². The van der Waals surface area contributed by atoms with E-state index in [1.54, 1.807) is 34.3 Å². The molecule has 1 fully saturated rings. The molecule has 0 aliphatic carbocycles. The number of anilines is 3. The highest BCUT2D eigenvalue weighted by Crippen LogP contribution is 2.25. The molecule has 1 aliphatic heterocycles. The van der Waals surface area contributed by atoms with E-state index in [-0.39, 0.29) is 11.9 Å². The first kappa shape index (κ1) is 14.1. The maximum absolute atomic E-state index is 12.5. The Hall–Kier alpha value is -2.89. The lowest BCUT2D eigenvalue weighted by Gasteiger charge is -2.18. The summed E-state index contributed by atoms with van der Waals surface area (Å²) in [4.78, 5) is 31.0. The van der Waals surface area contributed by atoms with Crippen LogP contribution in [0.3, 0.4) is 0 Å². The van der Waals surface area contributed by atoms with Crippen molar-refractivity contribution >= 4 is 29.0 Å². The summed E-state index contributed by atoms with van der Waals surface area (Å²) in [5, 5.41) is 2.71. The zero-order chi connectivity index (χ0) is 15.5. The third-order valence-electron chi connectivity index (χ3n) is 3.47. The van der Waals surface area contributed by atoms with Crippen molar-refractivity contribution in [2.75, 3.05) is 28.2 Å². The standard InChI is InChI=1S/C16H16N4O2/c1-12(21)18-13-4-6-14(7-5-13)19-9-10-20(16(19)22)15-3-2-8-17-11-15/h2-8,11H,9-10H2,1H3,(H,18,21). The number of rotatable bonds is 3. The molecule has 6 heteroatoms. The van der Waals surface area contributed by atoms with Crippen molar-refractivity contribution in [1.29, 1.82) is 0 Å². The number of benzene rings is 1. The van der Waals surface area contributed by atoms with E-state index >= 15 is 0 Å². The van der Waals surface area contributed by atoms with Gasteiger partial charge < -0.3 is 5.32 Å². The van der Waals surface area contributed by atoms with Crippen LogP contribution in [-0.4, -0.2) is 30.0 Å². The Kier molecular flexibility index (Phi) is 3.74. The molecule has 1 saturated heterocycles. The van der Waals surface area contributed by atoms with Gasteiger partial charge in [-0.05, 0) is 36.4 Å². The molecule has 112 valence electrons. The van der Waals surface area contributed by atoms with Crippen LogP contribution in [0, 0.1) is 0 Å². The first-order chi connectivity index (χ1) is 10.6. The summed E-state index contributed by atoms with van der Waals surface area (Å²) in [6.45, 7) is 2.70. The minimum Gasteiger partial charge on any atom is -0.326 e. The van der Waals surface area contributed by atoms with Gasteiger partial charge in [-0.15, -0.1) is 0 Å². The summed E-state index contributed by atoms with van der Waals surface area (Å²) in [7, 11) is 0. The number of amides is 3. The van der Waals surface area contributed by atoms with Gasteiger partial charge in [0.1, 0.15) is 0 Å². The smallest absolute Gasteiger partial charge is 0.326 e. The largest absolute Gasteiger partial charge is 0.329 e. The third kappa shape index (κ3) is 2.76. The second-order valence-corrected chi connectivity index (χ2v) is 5.03. The van der Waals surface area contributed by atoms with E-state index < -0.39 is 0 Å². The summed E-state index contributed by atoms with van der Waals surface area (Å²) >= 11 is 0. The van der Waals surface area contributed by atoms with E-state index in [1.165, 1.54) is 6.92 Å². The molecule has 6 nitrogen and oxygen atoms in total. The Bertz CT molecular complexity index is 685. The summed E-state index contributed by atoms with van der Waals surface area (Å²) < 4.78 is 0. The summed E-state index contributed by atoms with van der Waals surface area (Å²) in [5.41, 5.74) is 2.32. The number of aromatic nitrogens is 1. The van der Waals surface area contributed by atoms with Gasteiger partial charge >= 0.3 is 6.03 Å². The van der Waals surface area contributed by atoms with Crippen LogP contribution in [0.2, 0.25) is 0 Å². The molecule has 0 unspecified atom stereocenters. The molecule has 3 amide bonds. The lowest BCUT2D eigenvalue weighted by atomic mass is 10.2. The van der Waals surface area contributed by atoms with Crippen LogP contribution in [-0.2, 0) is 4.79 Å². The van der Waals surface area contributed by atoms with Gasteiger partial charge in [-0.2, -0.15) is 0 Å². The monoisotopic (exact) mass is 296 g/mol. The number of carbonyl (C=O) groups excluding carboxylic acids is 2. The molecular weight excluding hydrogens is 280 g/mol. The zero-order valence-corrected chi connectivity index (χ0v) is 12.2. The third-order valence-corrected chi connectivity index (χ3v) is 3.47. The van der Waals surface area contributed by atoms with Crippen molar-refractivity contribution in [3.8, 4) is 0 Å². The Morgan fingerprint density at radius 3 is 2.36 bits per heavy atom. The Labute approximate surface area is 128 Å². The van der Waals surface area contributed by atoms with Crippen molar-refractivity contribution in [3.63, 3.8) is 0 Å². The van der Waals surface area contributed by atoms with E-state index in [4.69, 9.17) is 0 Å². The van der Waals surface area contributed by atoms with Gasteiger partial charge in [0.15, 0.2) is 0 Å². The molecule has 2 aromatic rings. The van der Waals surface area contributed by atoms with Gasteiger partial charge in [0, 0.05) is 37.6 Å². The molecule has 0 spiro atoms. The van der Waals surface area contributed by atoms with Crippen molar-refractivity contribution < 1.29 is 9.59 Å². The van der Waals surface area contributed by atoms with Gasteiger partial charge in [0.25, 0.3) is 0 Å². The van der Waals surface area contributed by atoms with Crippen LogP contribution >= 0.6 is 0 Å². The maximum atomic E-state index is 12.5. The number of pyridine rings is 1. The highest BCUT2D eigenvalue weighted by atomic mass is 16.2. The van der Waals surface area contributed by atoms with E-state index in [0.29, 0.717) is 18.8 Å². The van der Waals surface area contributed by atoms with Crippen LogP contribution in [0.5, 0.6) is 0 Å². The maximum Gasteiger partial charge on any atom is 0.329 e. The van der Waals surface area contributed by atoms with Gasteiger partial charge in [0.05, 0.1) is 11.9 Å². The van der Waals surface area contributed by atoms with E-state index in [2.05, 4.69) is 10.3 Å². The van der Waals surface area contributed by atoms with E-state index in [1.807, 2.05) is 24.3 Å². The summed E-state index contributed by atoms with van der Waals surface area (Å²) in [5.74, 6) is -0.118. The van der Waals surface area contributed by atoms with Gasteiger partial charge in [-0.1, -0.05) is 0 Å². The molecule has 0 bridgehead atoms. The van der Waals surface area contributed by atoms with Crippen molar-refractivity contribution in [3.05, 3.63) is 48.8 Å². The molecule has 0 radical (unpaired) electrons. The fourth-order valence-corrected chi connectivity index (χ4v) is 2.46. The van der Waals surface area contributed by atoms with E-state index in [9.17, 15) is 9.59 Å². The van der Waals surface area contributed by atoms with E-state index in [0.717, 1.165) is 11.4 Å². The molecule has 0 atom stereocenters. The van der Waals surface area contributed by atoms with Crippen molar-refractivity contribution in [1.82, 2.24) is 4.98 Å². The highest BCUT2D eigenvalue weighted by molar-refractivity contribution is 6.06. The van der Waals surface area contributed by atoms with Gasteiger partial charge in [0.2, 0.25) is 5.91 Å². The second kappa shape index (κ2) is 5.85. The molecule has 1 aliphatic rings. The molecule has 0 saturated carbocycles. The number of nitrogens with zero attached hydrogens (tertiary/aromatic N) is 3. The summed E-state index contributed by atoms with van der Waals surface area (Å²) in [6, 6.07) is 10.8. The van der Waals surface area contributed by atoms with Crippen LogP contribution < -0.4 is 15.1 Å². The fraction of sp³-hybridized carbons (Fsp3) is 0.188. The lowest BCUT2D eigenvalue weighted by molar-refractivity contribution is -0.114.